The van der Waals surface area contributed by atoms with Crippen molar-refractivity contribution in [2.75, 3.05) is 19.0 Å². The summed E-state index contributed by atoms with van der Waals surface area (Å²) in [4.78, 5) is 28.2. The Morgan fingerprint density at radius 3 is 2.63 bits per heavy atom. The van der Waals surface area contributed by atoms with Crippen molar-refractivity contribution >= 4 is 28.1 Å². The number of carbonyl (C=O) groups excluding carboxylic acids is 1. The molecule has 2 aromatic carbocycles. The van der Waals surface area contributed by atoms with Crippen molar-refractivity contribution in [3.63, 3.8) is 0 Å². The fourth-order valence-corrected chi connectivity index (χ4v) is 3.65. The number of aromatic nitrogens is 1. The Labute approximate surface area is 177 Å². The van der Waals surface area contributed by atoms with Crippen molar-refractivity contribution < 1.29 is 19.2 Å². The van der Waals surface area contributed by atoms with E-state index in [4.69, 9.17) is 9.47 Å². The monoisotopic (exact) mass is 427 g/mol. The third-order valence-electron chi connectivity index (χ3n) is 4.27. The van der Waals surface area contributed by atoms with Gasteiger partial charge in [0.1, 0.15) is 5.75 Å². The Morgan fingerprint density at radius 1 is 1.20 bits per heavy atom. The van der Waals surface area contributed by atoms with Gasteiger partial charge in [0.25, 0.3) is 0 Å². The number of thiazole rings is 1. The minimum atomic E-state index is -0.493. The van der Waals surface area contributed by atoms with Crippen LogP contribution in [0.15, 0.2) is 48.5 Å². The predicted octanol–water partition coefficient (Wildman–Crippen LogP) is 4.83. The predicted molar refractivity (Wildman–Crippen MR) is 115 cm³/mol. The summed E-state index contributed by atoms with van der Waals surface area (Å²) in [6.45, 7) is 2.15. The second-order valence-corrected chi connectivity index (χ2v) is 7.58. The van der Waals surface area contributed by atoms with E-state index >= 15 is 0 Å². The minimum Gasteiger partial charge on any atom is -0.497 e. The molecular formula is C21H21N3O5S. The number of aryl methyl sites for hydroxylation is 1. The van der Waals surface area contributed by atoms with Crippen LogP contribution in [-0.4, -0.2) is 29.5 Å². The van der Waals surface area contributed by atoms with Crippen LogP contribution in [-0.2, 0) is 4.79 Å². The van der Waals surface area contributed by atoms with E-state index in [9.17, 15) is 14.9 Å². The number of ether oxygens (including phenoxy) is 2. The van der Waals surface area contributed by atoms with Gasteiger partial charge in [-0.2, -0.15) is 0 Å². The summed E-state index contributed by atoms with van der Waals surface area (Å²) in [6, 6.07) is 13.7. The van der Waals surface area contributed by atoms with Crippen molar-refractivity contribution in [1.82, 2.24) is 4.98 Å². The molecule has 0 aliphatic carbocycles. The summed E-state index contributed by atoms with van der Waals surface area (Å²) >= 11 is 1.41. The maximum Gasteiger partial charge on any atom is 0.310 e. The molecule has 30 heavy (non-hydrogen) atoms. The van der Waals surface area contributed by atoms with E-state index in [0.717, 1.165) is 21.9 Å². The number of benzene rings is 2. The fraction of sp³-hybridized carbons (Fsp3) is 0.238. The largest absolute Gasteiger partial charge is 0.497 e. The number of nitrogens with zero attached hydrogens (tertiary/aromatic N) is 2. The Bertz CT molecular complexity index is 1030. The summed E-state index contributed by atoms with van der Waals surface area (Å²) in [5.41, 5.74) is 1.67. The van der Waals surface area contributed by atoms with E-state index in [2.05, 4.69) is 10.3 Å². The molecule has 3 rings (SSSR count). The Kier molecular flexibility index (Phi) is 6.97. The molecule has 0 saturated heterocycles. The van der Waals surface area contributed by atoms with Gasteiger partial charge in [-0.25, -0.2) is 4.98 Å². The highest BCUT2D eigenvalue weighted by Gasteiger charge is 2.14. The lowest BCUT2D eigenvalue weighted by Crippen LogP contribution is -2.12. The standard InChI is InChI=1S/C21H21N3O5S/c1-14-20(15-9-11-16(28-2)12-10-15)23-21(30-14)22-19(25)8-5-13-29-18-7-4-3-6-17(18)24(26)27/h3-4,6-7,9-12H,5,8,13H2,1-2H3,(H,22,23,25). The highest BCUT2D eigenvalue weighted by molar-refractivity contribution is 7.16. The van der Waals surface area contributed by atoms with Gasteiger partial charge >= 0.3 is 5.69 Å². The van der Waals surface area contributed by atoms with E-state index in [1.54, 1.807) is 19.2 Å². The maximum absolute atomic E-state index is 12.2. The molecule has 1 aromatic heterocycles. The zero-order valence-corrected chi connectivity index (χ0v) is 17.4. The molecule has 0 bridgehead atoms. The minimum absolute atomic E-state index is 0.0914. The van der Waals surface area contributed by atoms with Crippen LogP contribution in [0.2, 0.25) is 0 Å². The van der Waals surface area contributed by atoms with Crippen molar-refractivity contribution in [1.29, 1.82) is 0 Å². The first kappa shape index (κ1) is 21.3. The molecule has 1 amide bonds. The Balaban J connectivity index is 1.51. The number of nitro benzene ring substituents is 1. The van der Waals surface area contributed by atoms with Crippen LogP contribution in [0.4, 0.5) is 10.8 Å². The van der Waals surface area contributed by atoms with Crippen LogP contribution in [0.1, 0.15) is 17.7 Å². The van der Waals surface area contributed by atoms with Gasteiger partial charge in [-0.15, -0.1) is 11.3 Å². The van der Waals surface area contributed by atoms with Gasteiger partial charge in [-0.1, -0.05) is 12.1 Å². The summed E-state index contributed by atoms with van der Waals surface area (Å²) < 4.78 is 10.6. The van der Waals surface area contributed by atoms with Crippen LogP contribution < -0.4 is 14.8 Å². The lowest BCUT2D eigenvalue weighted by atomic mass is 10.1. The summed E-state index contributed by atoms with van der Waals surface area (Å²) in [7, 11) is 1.61. The van der Waals surface area contributed by atoms with E-state index in [-0.39, 0.29) is 30.4 Å². The van der Waals surface area contributed by atoms with Crippen molar-refractivity contribution in [2.24, 2.45) is 0 Å². The van der Waals surface area contributed by atoms with Crippen molar-refractivity contribution in [3.05, 3.63) is 63.5 Å². The van der Waals surface area contributed by atoms with Gasteiger partial charge < -0.3 is 14.8 Å². The highest BCUT2D eigenvalue weighted by atomic mass is 32.1. The molecule has 0 spiro atoms. The molecule has 0 saturated carbocycles. The first-order valence-corrected chi connectivity index (χ1v) is 10.1. The first-order valence-electron chi connectivity index (χ1n) is 9.26. The SMILES string of the molecule is COc1ccc(-c2nc(NC(=O)CCCOc3ccccc3[N+](=O)[O-])sc2C)cc1. The van der Waals surface area contributed by atoms with E-state index in [0.29, 0.717) is 11.6 Å². The lowest BCUT2D eigenvalue weighted by molar-refractivity contribution is -0.385. The molecule has 156 valence electrons. The summed E-state index contributed by atoms with van der Waals surface area (Å²) in [5.74, 6) is 0.780. The third-order valence-corrected chi connectivity index (χ3v) is 5.16. The lowest BCUT2D eigenvalue weighted by Gasteiger charge is -2.06. The number of amides is 1. The number of methoxy groups -OCH3 is 1. The average molecular weight is 427 g/mol. The molecule has 3 aromatic rings. The van der Waals surface area contributed by atoms with Gasteiger partial charge in [0.2, 0.25) is 5.91 Å². The molecule has 0 atom stereocenters. The quantitative estimate of drug-likeness (QED) is 0.298. The van der Waals surface area contributed by atoms with Gasteiger partial charge in [0.15, 0.2) is 10.9 Å². The van der Waals surface area contributed by atoms with Crippen molar-refractivity contribution in [2.45, 2.75) is 19.8 Å². The Hall–Kier alpha value is -3.46. The van der Waals surface area contributed by atoms with Crippen LogP contribution >= 0.6 is 11.3 Å². The second kappa shape index (κ2) is 9.84. The third kappa shape index (κ3) is 5.32. The number of para-hydroxylation sites is 2. The van der Waals surface area contributed by atoms with Crippen LogP contribution in [0.5, 0.6) is 11.5 Å². The molecule has 1 N–H and O–H groups in total. The molecule has 0 unspecified atom stereocenters. The molecule has 1 heterocycles. The molecule has 0 radical (unpaired) electrons. The molecule has 0 fully saturated rings. The zero-order chi connectivity index (χ0) is 21.5. The van der Waals surface area contributed by atoms with Crippen molar-refractivity contribution in [3.8, 4) is 22.8 Å². The zero-order valence-electron chi connectivity index (χ0n) is 16.6. The van der Waals surface area contributed by atoms with Gasteiger partial charge in [0.05, 0.1) is 24.3 Å². The highest BCUT2D eigenvalue weighted by Crippen LogP contribution is 2.31. The number of hydrogen-bond acceptors (Lipinski definition) is 7. The number of hydrogen-bond donors (Lipinski definition) is 1. The first-order chi connectivity index (χ1) is 14.5. The van der Waals surface area contributed by atoms with Crippen LogP contribution in [0.25, 0.3) is 11.3 Å². The molecule has 9 heteroatoms. The van der Waals surface area contributed by atoms with Gasteiger partial charge in [-0.3, -0.25) is 14.9 Å². The van der Waals surface area contributed by atoms with Gasteiger partial charge in [-0.05, 0) is 43.7 Å². The number of carbonyl (C=O) groups is 1. The fourth-order valence-electron chi connectivity index (χ4n) is 2.79. The van der Waals surface area contributed by atoms with E-state index in [1.165, 1.54) is 23.5 Å². The smallest absolute Gasteiger partial charge is 0.310 e. The van der Waals surface area contributed by atoms with E-state index in [1.807, 2.05) is 31.2 Å². The number of nitro groups is 1. The summed E-state index contributed by atoms with van der Waals surface area (Å²) in [6.07, 6.45) is 0.644. The number of anilines is 1. The maximum atomic E-state index is 12.2. The molecule has 0 aliphatic heterocycles. The average Bonchev–Trinajstić information content (AvgIpc) is 3.11. The topological polar surface area (TPSA) is 104 Å². The molecular weight excluding hydrogens is 406 g/mol. The Morgan fingerprint density at radius 2 is 1.93 bits per heavy atom. The van der Waals surface area contributed by atoms with Gasteiger partial charge in [0, 0.05) is 22.9 Å². The molecule has 8 nitrogen and oxygen atoms in total. The summed E-state index contributed by atoms with van der Waals surface area (Å²) in [5, 5.41) is 14.3. The number of nitrogens with one attached hydrogen (secondary N) is 1. The van der Waals surface area contributed by atoms with Crippen LogP contribution in [0.3, 0.4) is 0 Å². The molecule has 0 aliphatic rings. The number of rotatable bonds is 9. The normalized spacial score (nSPS) is 10.5. The second-order valence-electron chi connectivity index (χ2n) is 6.38. The van der Waals surface area contributed by atoms with Crippen LogP contribution in [0, 0.1) is 17.0 Å². The van der Waals surface area contributed by atoms with E-state index < -0.39 is 4.92 Å².